The zero-order valence-electron chi connectivity index (χ0n) is 14.8. The first kappa shape index (κ1) is 18.4. The van der Waals surface area contributed by atoms with E-state index in [2.05, 4.69) is 5.32 Å². The van der Waals surface area contributed by atoms with Crippen LogP contribution in [-0.4, -0.2) is 41.4 Å². The van der Waals surface area contributed by atoms with Gasteiger partial charge in [-0.05, 0) is 23.8 Å². The molecular weight excluding hydrogens is 348 g/mol. The summed E-state index contributed by atoms with van der Waals surface area (Å²) in [4.78, 5) is 37.5. The summed E-state index contributed by atoms with van der Waals surface area (Å²) in [6, 6.07) is 13.8. The molecule has 1 aliphatic rings. The van der Waals surface area contributed by atoms with Gasteiger partial charge in [-0.2, -0.15) is 0 Å². The third kappa shape index (κ3) is 4.25. The summed E-state index contributed by atoms with van der Waals surface area (Å²) >= 11 is 0. The molecule has 0 aromatic heterocycles. The van der Waals surface area contributed by atoms with Crippen LogP contribution in [0.25, 0.3) is 0 Å². The minimum absolute atomic E-state index is 0.0628. The van der Waals surface area contributed by atoms with Crippen LogP contribution in [0.2, 0.25) is 0 Å². The lowest BCUT2D eigenvalue weighted by molar-refractivity contribution is -0.128. The normalized spacial score (nSPS) is 16.3. The van der Waals surface area contributed by atoms with E-state index in [0.717, 1.165) is 5.56 Å². The van der Waals surface area contributed by atoms with Gasteiger partial charge in [0, 0.05) is 19.5 Å². The standard InChI is InChI=1S/C20H20N2O5/c1-27-17-9-14(20(25)26)7-8-16(17)21-19(24)15-10-18(23)22(12-15)11-13-5-3-2-4-6-13/h2-9,15H,10-12H2,1H3,(H,21,24)(H,25,26). The van der Waals surface area contributed by atoms with Crippen molar-refractivity contribution in [1.29, 1.82) is 0 Å². The predicted molar refractivity (Wildman–Crippen MR) is 98.5 cm³/mol. The summed E-state index contributed by atoms with van der Waals surface area (Å²) in [6.45, 7) is 0.815. The number of amides is 2. The van der Waals surface area contributed by atoms with Gasteiger partial charge < -0.3 is 20.1 Å². The molecule has 0 aliphatic carbocycles. The van der Waals surface area contributed by atoms with Crippen LogP contribution in [0.15, 0.2) is 48.5 Å². The molecule has 140 valence electrons. The fourth-order valence-corrected chi connectivity index (χ4v) is 3.07. The Morgan fingerprint density at radius 1 is 1.22 bits per heavy atom. The van der Waals surface area contributed by atoms with Gasteiger partial charge in [0.15, 0.2) is 0 Å². The Kier molecular flexibility index (Phi) is 5.40. The quantitative estimate of drug-likeness (QED) is 0.816. The zero-order valence-corrected chi connectivity index (χ0v) is 14.8. The molecule has 0 saturated carbocycles. The van der Waals surface area contributed by atoms with Crippen LogP contribution in [-0.2, 0) is 16.1 Å². The van der Waals surface area contributed by atoms with Gasteiger partial charge in [0.1, 0.15) is 5.75 Å². The van der Waals surface area contributed by atoms with Crippen LogP contribution < -0.4 is 10.1 Å². The van der Waals surface area contributed by atoms with Crippen molar-refractivity contribution in [2.24, 2.45) is 5.92 Å². The second-order valence-corrected chi connectivity index (χ2v) is 6.37. The van der Waals surface area contributed by atoms with Crippen molar-refractivity contribution in [3.05, 3.63) is 59.7 Å². The maximum absolute atomic E-state index is 12.6. The maximum Gasteiger partial charge on any atom is 0.335 e. The van der Waals surface area contributed by atoms with Gasteiger partial charge in [-0.15, -0.1) is 0 Å². The Hall–Kier alpha value is -3.35. The summed E-state index contributed by atoms with van der Waals surface area (Å²) in [7, 11) is 1.40. The average Bonchev–Trinajstić information content (AvgIpc) is 3.03. The number of carbonyl (C=O) groups excluding carboxylic acids is 2. The molecule has 1 saturated heterocycles. The van der Waals surface area contributed by atoms with E-state index in [-0.39, 0.29) is 29.5 Å². The van der Waals surface area contributed by atoms with E-state index in [1.807, 2.05) is 30.3 Å². The van der Waals surface area contributed by atoms with Gasteiger partial charge in [0.05, 0.1) is 24.3 Å². The smallest absolute Gasteiger partial charge is 0.335 e. The van der Waals surface area contributed by atoms with Crippen LogP contribution in [0, 0.1) is 5.92 Å². The summed E-state index contributed by atoms with van der Waals surface area (Å²) in [5, 5.41) is 11.8. The van der Waals surface area contributed by atoms with Crippen molar-refractivity contribution >= 4 is 23.5 Å². The monoisotopic (exact) mass is 368 g/mol. The Bertz CT molecular complexity index is 866. The number of hydrogen-bond acceptors (Lipinski definition) is 4. The number of hydrogen-bond donors (Lipinski definition) is 2. The highest BCUT2D eigenvalue weighted by Crippen LogP contribution is 2.28. The van der Waals surface area contributed by atoms with Gasteiger partial charge in [0.2, 0.25) is 11.8 Å². The van der Waals surface area contributed by atoms with Crippen molar-refractivity contribution in [2.75, 3.05) is 19.0 Å². The van der Waals surface area contributed by atoms with Crippen molar-refractivity contribution in [1.82, 2.24) is 4.90 Å². The molecule has 2 aromatic rings. The van der Waals surface area contributed by atoms with Crippen molar-refractivity contribution in [3.63, 3.8) is 0 Å². The highest BCUT2D eigenvalue weighted by molar-refractivity contribution is 5.99. The van der Waals surface area contributed by atoms with E-state index in [4.69, 9.17) is 9.84 Å². The first-order valence-electron chi connectivity index (χ1n) is 8.52. The number of ether oxygens (including phenoxy) is 1. The van der Waals surface area contributed by atoms with Crippen LogP contribution in [0.5, 0.6) is 5.75 Å². The molecular formula is C20H20N2O5. The molecule has 1 fully saturated rings. The number of carboxylic acid groups (broad SMARTS) is 1. The number of anilines is 1. The number of likely N-dealkylation sites (tertiary alicyclic amines) is 1. The molecule has 0 radical (unpaired) electrons. The number of carbonyl (C=O) groups is 3. The average molecular weight is 368 g/mol. The molecule has 1 heterocycles. The molecule has 1 unspecified atom stereocenters. The van der Waals surface area contributed by atoms with E-state index in [1.54, 1.807) is 4.90 Å². The third-order valence-corrected chi connectivity index (χ3v) is 4.51. The number of nitrogens with one attached hydrogen (secondary N) is 1. The summed E-state index contributed by atoms with van der Waals surface area (Å²) in [5.41, 5.74) is 1.45. The molecule has 0 spiro atoms. The molecule has 1 atom stereocenters. The molecule has 3 rings (SSSR count). The third-order valence-electron chi connectivity index (χ3n) is 4.51. The molecule has 1 aliphatic heterocycles. The summed E-state index contributed by atoms with van der Waals surface area (Å²) in [6.07, 6.45) is 0.147. The van der Waals surface area contributed by atoms with E-state index in [0.29, 0.717) is 18.8 Å². The first-order chi connectivity index (χ1) is 13.0. The highest BCUT2D eigenvalue weighted by Gasteiger charge is 2.34. The van der Waals surface area contributed by atoms with Gasteiger partial charge in [-0.3, -0.25) is 9.59 Å². The minimum Gasteiger partial charge on any atom is -0.495 e. The van der Waals surface area contributed by atoms with Crippen molar-refractivity contribution < 1.29 is 24.2 Å². The molecule has 0 bridgehead atoms. The molecule has 7 nitrogen and oxygen atoms in total. The second-order valence-electron chi connectivity index (χ2n) is 6.37. The zero-order chi connectivity index (χ0) is 19.4. The Labute approximate surface area is 156 Å². The molecule has 2 amide bonds. The predicted octanol–water partition coefficient (Wildman–Crippen LogP) is 2.38. The molecule has 2 aromatic carbocycles. The van der Waals surface area contributed by atoms with Crippen LogP contribution in [0.4, 0.5) is 5.69 Å². The lowest BCUT2D eigenvalue weighted by atomic mass is 10.1. The highest BCUT2D eigenvalue weighted by atomic mass is 16.5. The van der Waals surface area contributed by atoms with E-state index in [9.17, 15) is 14.4 Å². The largest absolute Gasteiger partial charge is 0.495 e. The van der Waals surface area contributed by atoms with E-state index in [1.165, 1.54) is 25.3 Å². The minimum atomic E-state index is -1.08. The van der Waals surface area contributed by atoms with E-state index < -0.39 is 11.9 Å². The summed E-state index contributed by atoms with van der Waals surface area (Å²) < 4.78 is 5.17. The van der Waals surface area contributed by atoms with Gasteiger partial charge in [-0.25, -0.2) is 4.79 Å². The van der Waals surface area contributed by atoms with Crippen molar-refractivity contribution in [3.8, 4) is 5.75 Å². The molecule has 2 N–H and O–H groups in total. The topological polar surface area (TPSA) is 95.9 Å². The number of methoxy groups -OCH3 is 1. The SMILES string of the molecule is COc1cc(C(=O)O)ccc1NC(=O)C1CC(=O)N(Cc2ccccc2)C1. The van der Waals surface area contributed by atoms with Crippen molar-refractivity contribution in [2.45, 2.75) is 13.0 Å². The summed E-state index contributed by atoms with van der Waals surface area (Å²) in [5.74, 6) is -1.64. The first-order valence-corrected chi connectivity index (χ1v) is 8.52. The van der Waals surface area contributed by atoms with Crippen LogP contribution in [0.1, 0.15) is 22.3 Å². The fraction of sp³-hybridized carbons (Fsp3) is 0.250. The van der Waals surface area contributed by atoms with Gasteiger partial charge >= 0.3 is 5.97 Å². The number of aromatic carboxylic acids is 1. The fourth-order valence-electron chi connectivity index (χ4n) is 3.07. The van der Waals surface area contributed by atoms with E-state index >= 15 is 0 Å². The lowest BCUT2D eigenvalue weighted by Crippen LogP contribution is -2.28. The molecule has 27 heavy (non-hydrogen) atoms. The number of benzene rings is 2. The van der Waals surface area contributed by atoms with Gasteiger partial charge in [0.25, 0.3) is 0 Å². The Balaban J connectivity index is 1.67. The molecule has 7 heteroatoms. The number of nitrogens with zero attached hydrogens (tertiary/aromatic N) is 1. The Morgan fingerprint density at radius 3 is 2.63 bits per heavy atom. The van der Waals surface area contributed by atoms with Crippen LogP contribution >= 0.6 is 0 Å². The lowest BCUT2D eigenvalue weighted by Gasteiger charge is -2.17. The second kappa shape index (κ2) is 7.90. The van der Waals surface area contributed by atoms with Gasteiger partial charge in [-0.1, -0.05) is 30.3 Å². The maximum atomic E-state index is 12.6. The Morgan fingerprint density at radius 2 is 1.96 bits per heavy atom. The number of carboxylic acids is 1. The van der Waals surface area contributed by atoms with Crippen LogP contribution in [0.3, 0.4) is 0 Å². The number of rotatable bonds is 6.